The molecule has 64 valence electrons. The monoisotopic (exact) mass is 156 g/mol. The summed E-state index contributed by atoms with van der Waals surface area (Å²) in [5.41, 5.74) is 0.854. The maximum absolute atomic E-state index is 8.67. The Morgan fingerprint density at radius 2 is 2.09 bits per heavy atom. The molecule has 3 heteroatoms. The second-order valence-electron chi connectivity index (χ2n) is 2.01. The summed E-state index contributed by atoms with van der Waals surface area (Å²) in [4.78, 5) is 3.99. The topological polar surface area (TPSA) is 38.1 Å². The molecule has 0 saturated heterocycles. The van der Waals surface area contributed by atoms with Crippen LogP contribution in [0.4, 0.5) is 0 Å². The maximum atomic E-state index is 8.67. The lowest BCUT2D eigenvalue weighted by molar-refractivity contribution is 0.272. The predicted molar refractivity (Wildman–Crippen MR) is 45.2 cm³/mol. The van der Waals surface area contributed by atoms with Crippen LogP contribution in [0.2, 0.25) is 0 Å². The third-order valence-electron chi connectivity index (χ3n) is 1.48. The van der Waals surface area contributed by atoms with Crippen LogP contribution in [-0.2, 0) is 13.7 Å². The van der Waals surface area contributed by atoms with Crippen molar-refractivity contribution in [3.8, 4) is 0 Å². The molecule has 0 atom stereocenters. The highest BCUT2D eigenvalue weighted by Crippen LogP contribution is 1.99. The minimum atomic E-state index is 0.0668. The molecule has 0 bridgehead atoms. The van der Waals surface area contributed by atoms with Crippen LogP contribution in [0.1, 0.15) is 25.4 Å². The van der Waals surface area contributed by atoms with Crippen molar-refractivity contribution in [3.05, 3.63) is 17.7 Å². The number of aliphatic hydroxyl groups is 1. The third kappa shape index (κ3) is 2.35. The molecule has 0 radical (unpaired) electrons. The lowest BCUT2D eigenvalue weighted by Gasteiger charge is -1.96. The zero-order chi connectivity index (χ0) is 8.85. The third-order valence-corrected chi connectivity index (χ3v) is 1.48. The van der Waals surface area contributed by atoms with Crippen LogP contribution in [-0.4, -0.2) is 14.7 Å². The molecular formula is C8H16N2O. The quantitative estimate of drug-likeness (QED) is 0.664. The summed E-state index contributed by atoms with van der Waals surface area (Å²) in [5.74, 6) is 0.930. The molecule has 0 saturated carbocycles. The van der Waals surface area contributed by atoms with Gasteiger partial charge in [0, 0.05) is 7.05 Å². The summed E-state index contributed by atoms with van der Waals surface area (Å²) in [6.45, 7) is 5.97. The highest BCUT2D eigenvalue weighted by Gasteiger charge is 1.97. The molecule has 0 aliphatic rings. The Morgan fingerprint density at radius 1 is 1.55 bits per heavy atom. The van der Waals surface area contributed by atoms with Crippen LogP contribution in [0.5, 0.6) is 0 Å². The van der Waals surface area contributed by atoms with Crippen molar-refractivity contribution in [2.75, 3.05) is 0 Å². The lowest BCUT2D eigenvalue weighted by Crippen LogP contribution is -1.97. The van der Waals surface area contributed by atoms with E-state index in [0.29, 0.717) is 0 Å². The van der Waals surface area contributed by atoms with E-state index < -0.39 is 0 Å². The SMILES string of the molecule is CC.Cc1ncc(CO)n1C. The highest BCUT2D eigenvalue weighted by molar-refractivity contribution is 5.01. The van der Waals surface area contributed by atoms with E-state index in [-0.39, 0.29) is 6.61 Å². The molecule has 0 spiro atoms. The molecule has 1 aromatic heterocycles. The number of imidazole rings is 1. The fraction of sp³-hybridized carbons (Fsp3) is 0.625. The fourth-order valence-electron chi connectivity index (χ4n) is 0.696. The van der Waals surface area contributed by atoms with Crippen molar-refractivity contribution in [2.24, 2.45) is 7.05 Å². The molecule has 1 aromatic rings. The average Bonchev–Trinajstić information content (AvgIpc) is 2.37. The van der Waals surface area contributed by atoms with E-state index in [9.17, 15) is 0 Å². The number of aromatic nitrogens is 2. The van der Waals surface area contributed by atoms with Crippen LogP contribution in [0.15, 0.2) is 6.20 Å². The molecule has 0 aromatic carbocycles. The van der Waals surface area contributed by atoms with Crippen LogP contribution >= 0.6 is 0 Å². The number of nitrogens with zero attached hydrogens (tertiary/aromatic N) is 2. The van der Waals surface area contributed by atoms with E-state index in [1.165, 1.54) is 0 Å². The predicted octanol–water partition coefficient (Wildman–Crippen LogP) is 1.25. The first-order chi connectivity index (χ1) is 5.25. The molecule has 1 heterocycles. The zero-order valence-electron chi connectivity index (χ0n) is 7.63. The van der Waals surface area contributed by atoms with E-state index >= 15 is 0 Å². The van der Waals surface area contributed by atoms with Gasteiger partial charge in [-0.15, -0.1) is 0 Å². The molecule has 0 aliphatic carbocycles. The first-order valence-electron chi connectivity index (χ1n) is 3.83. The van der Waals surface area contributed by atoms with Crippen LogP contribution < -0.4 is 0 Å². The summed E-state index contributed by atoms with van der Waals surface area (Å²) in [6, 6.07) is 0. The van der Waals surface area contributed by atoms with Crippen LogP contribution in [0.25, 0.3) is 0 Å². The Balaban J connectivity index is 0.000000461. The van der Waals surface area contributed by atoms with Gasteiger partial charge in [0.2, 0.25) is 0 Å². The van der Waals surface area contributed by atoms with Crippen molar-refractivity contribution < 1.29 is 5.11 Å². The molecule has 1 rings (SSSR count). The lowest BCUT2D eigenvalue weighted by atomic mass is 10.5. The van der Waals surface area contributed by atoms with Gasteiger partial charge in [-0.1, -0.05) is 13.8 Å². The first kappa shape index (κ1) is 10.2. The summed E-state index contributed by atoms with van der Waals surface area (Å²) in [7, 11) is 1.88. The van der Waals surface area contributed by atoms with Crippen LogP contribution in [0.3, 0.4) is 0 Å². The molecule has 0 aliphatic heterocycles. The van der Waals surface area contributed by atoms with Crippen molar-refractivity contribution in [3.63, 3.8) is 0 Å². The largest absolute Gasteiger partial charge is 0.390 e. The van der Waals surface area contributed by atoms with Gasteiger partial charge in [0.25, 0.3) is 0 Å². The summed E-state index contributed by atoms with van der Waals surface area (Å²) >= 11 is 0. The summed E-state index contributed by atoms with van der Waals surface area (Å²) in [6.07, 6.45) is 1.68. The van der Waals surface area contributed by atoms with Crippen molar-refractivity contribution >= 4 is 0 Å². The second-order valence-corrected chi connectivity index (χ2v) is 2.01. The summed E-state index contributed by atoms with van der Waals surface area (Å²) < 4.78 is 1.86. The second kappa shape index (κ2) is 4.91. The average molecular weight is 156 g/mol. The Kier molecular flexibility index (Phi) is 4.54. The Morgan fingerprint density at radius 3 is 2.27 bits per heavy atom. The highest BCUT2D eigenvalue weighted by atomic mass is 16.3. The van der Waals surface area contributed by atoms with Crippen molar-refractivity contribution in [2.45, 2.75) is 27.4 Å². The molecule has 3 nitrogen and oxygen atoms in total. The van der Waals surface area contributed by atoms with Gasteiger partial charge in [-0.2, -0.15) is 0 Å². The van der Waals surface area contributed by atoms with Gasteiger partial charge in [-0.25, -0.2) is 4.98 Å². The van der Waals surface area contributed by atoms with Gasteiger partial charge in [-0.3, -0.25) is 0 Å². The van der Waals surface area contributed by atoms with E-state index in [1.54, 1.807) is 6.20 Å². The number of hydrogen-bond donors (Lipinski definition) is 1. The Bertz CT molecular complexity index is 206. The summed E-state index contributed by atoms with van der Waals surface area (Å²) in [5, 5.41) is 8.67. The van der Waals surface area contributed by atoms with Gasteiger partial charge in [-0.05, 0) is 6.92 Å². The van der Waals surface area contributed by atoms with Gasteiger partial charge in [0.05, 0.1) is 18.5 Å². The van der Waals surface area contributed by atoms with E-state index in [0.717, 1.165) is 11.5 Å². The van der Waals surface area contributed by atoms with E-state index in [2.05, 4.69) is 4.98 Å². The minimum absolute atomic E-state index is 0.0668. The number of rotatable bonds is 1. The van der Waals surface area contributed by atoms with E-state index in [4.69, 9.17) is 5.11 Å². The van der Waals surface area contributed by atoms with E-state index in [1.807, 2.05) is 32.4 Å². The minimum Gasteiger partial charge on any atom is -0.390 e. The van der Waals surface area contributed by atoms with Crippen molar-refractivity contribution in [1.82, 2.24) is 9.55 Å². The molecule has 0 fully saturated rings. The fourth-order valence-corrected chi connectivity index (χ4v) is 0.696. The number of hydrogen-bond acceptors (Lipinski definition) is 2. The Labute approximate surface area is 67.7 Å². The first-order valence-corrected chi connectivity index (χ1v) is 3.83. The van der Waals surface area contributed by atoms with Gasteiger partial charge < -0.3 is 9.67 Å². The number of aliphatic hydroxyl groups excluding tert-OH is 1. The molecular weight excluding hydrogens is 140 g/mol. The van der Waals surface area contributed by atoms with Gasteiger partial charge >= 0.3 is 0 Å². The Hall–Kier alpha value is -0.830. The zero-order valence-corrected chi connectivity index (χ0v) is 7.63. The molecule has 0 amide bonds. The molecule has 0 unspecified atom stereocenters. The normalized spacial score (nSPS) is 8.82. The standard InChI is InChI=1S/C6H10N2O.C2H6/c1-5-7-3-6(4-9)8(5)2;1-2/h3,9H,4H2,1-2H3;1-2H3. The maximum Gasteiger partial charge on any atom is 0.105 e. The van der Waals surface area contributed by atoms with Crippen molar-refractivity contribution in [1.29, 1.82) is 0 Å². The molecule has 1 N–H and O–H groups in total. The molecule has 11 heavy (non-hydrogen) atoms. The van der Waals surface area contributed by atoms with Gasteiger partial charge in [0.15, 0.2) is 0 Å². The van der Waals surface area contributed by atoms with Crippen LogP contribution in [0, 0.1) is 6.92 Å². The smallest absolute Gasteiger partial charge is 0.105 e. The van der Waals surface area contributed by atoms with Gasteiger partial charge in [0.1, 0.15) is 5.82 Å². The number of aryl methyl sites for hydroxylation is 1.